The van der Waals surface area contributed by atoms with Crippen molar-refractivity contribution in [3.8, 4) is 0 Å². The highest BCUT2D eigenvalue weighted by Crippen LogP contribution is 2.14. The van der Waals surface area contributed by atoms with Gasteiger partial charge in [0.15, 0.2) is 0 Å². The summed E-state index contributed by atoms with van der Waals surface area (Å²) in [6.07, 6.45) is 1.84. The summed E-state index contributed by atoms with van der Waals surface area (Å²) >= 11 is 0. The molecule has 2 fully saturated rings. The van der Waals surface area contributed by atoms with Gasteiger partial charge in [0, 0.05) is 13.7 Å². The van der Waals surface area contributed by atoms with Crippen molar-refractivity contribution in [3.05, 3.63) is 0 Å². The van der Waals surface area contributed by atoms with Crippen LogP contribution in [0, 0.1) is 0 Å². The topological polar surface area (TPSA) is 50.8 Å². The molecule has 0 radical (unpaired) electrons. The van der Waals surface area contributed by atoms with Gasteiger partial charge < -0.3 is 10.1 Å². The fraction of sp³-hybridized carbons (Fsp3) is 0.889. The molecule has 0 aromatic rings. The summed E-state index contributed by atoms with van der Waals surface area (Å²) in [5, 5.41) is 4.61. The molecule has 2 heterocycles. The Hall–Kier alpha value is -0.650. The third-order valence-electron chi connectivity index (χ3n) is 2.72. The number of nitrogens with zero attached hydrogens (tertiary/aromatic N) is 1. The third kappa shape index (κ3) is 1.89. The Morgan fingerprint density at radius 2 is 2.50 bits per heavy atom. The van der Waals surface area contributed by atoms with Crippen LogP contribution in [-0.4, -0.2) is 49.9 Å². The minimum Gasteiger partial charge on any atom is -0.380 e. The minimum atomic E-state index is -0.127. The number of ether oxygens (including phenoxy) is 1. The molecule has 2 rings (SSSR count). The second kappa shape index (κ2) is 4.25. The smallest absolute Gasteiger partial charge is 0.263 e. The van der Waals surface area contributed by atoms with Crippen LogP contribution in [0.25, 0.3) is 0 Å². The molecule has 0 bridgehead atoms. The summed E-state index contributed by atoms with van der Waals surface area (Å²) in [7, 11) is 1.67. The lowest BCUT2D eigenvalue weighted by Gasteiger charge is -2.18. The second-order valence-electron chi connectivity index (χ2n) is 3.68. The Morgan fingerprint density at radius 1 is 1.64 bits per heavy atom. The molecule has 2 aliphatic rings. The molecule has 0 aromatic heterocycles. The quantitative estimate of drug-likeness (QED) is 0.654. The molecule has 0 saturated carbocycles. The highest BCUT2D eigenvalue weighted by atomic mass is 16.7. The first kappa shape index (κ1) is 9.89. The van der Waals surface area contributed by atoms with E-state index in [2.05, 4.69) is 5.32 Å². The number of amides is 1. The molecule has 0 aromatic carbocycles. The Morgan fingerprint density at radius 3 is 3.07 bits per heavy atom. The molecule has 14 heavy (non-hydrogen) atoms. The van der Waals surface area contributed by atoms with Crippen molar-refractivity contribution >= 4 is 5.91 Å². The second-order valence-corrected chi connectivity index (χ2v) is 3.68. The van der Waals surface area contributed by atoms with Crippen molar-refractivity contribution in [2.24, 2.45) is 0 Å². The van der Waals surface area contributed by atoms with Crippen LogP contribution in [0.3, 0.4) is 0 Å². The average molecular weight is 200 g/mol. The maximum atomic E-state index is 11.8. The van der Waals surface area contributed by atoms with E-state index in [-0.39, 0.29) is 18.1 Å². The monoisotopic (exact) mass is 200 g/mol. The van der Waals surface area contributed by atoms with Gasteiger partial charge in [-0.1, -0.05) is 0 Å². The third-order valence-corrected chi connectivity index (χ3v) is 2.72. The van der Waals surface area contributed by atoms with E-state index >= 15 is 0 Å². The Balaban J connectivity index is 1.86. The first-order valence-electron chi connectivity index (χ1n) is 5.01. The first-order chi connectivity index (χ1) is 6.81. The van der Waals surface area contributed by atoms with Crippen LogP contribution in [0.5, 0.6) is 0 Å². The lowest BCUT2D eigenvalue weighted by molar-refractivity contribution is -0.170. The van der Waals surface area contributed by atoms with E-state index in [0.717, 1.165) is 19.4 Å². The molecule has 0 aliphatic carbocycles. The van der Waals surface area contributed by atoms with Crippen LogP contribution in [0.4, 0.5) is 0 Å². The van der Waals surface area contributed by atoms with Crippen LogP contribution in [0.1, 0.15) is 12.8 Å². The highest BCUT2D eigenvalue weighted by molar-refractivity contribution is 5.81. The highest BCUT2D eigenvalue weighted by Gasteiger charge is 2.33. The summed E-state index contributed by atoms with van der Waals surface area (Å²) in [5.41, 5.74) is 0. The Kier molecular flexibility index (Phi) is 3.00. The summed E-state index contributed by atoms with van der Waals surface area (Å²) < 4.78 is 5.18. The van der Waals surface area contributed by atoms with Crippen molar-refractivity contribution in [1.29, 1.82) is 0 Å². The number of methoxy groups -OCH3 is 1. The van der Waals surface area contributed by atoms with Gasteiger partial charge in [-0.25, -0.2) is 5.06 Å². The predicted molar refractivity (Wildman–Crippen MR) is 49.5 cm³/mol. The van der Waals surface area contributed by atoms with Gasteiger partial charge in [0.05, 0.1) is 25.3 Å². The molecule has 2 aliphatic heterocycles. The van der Waals surface area contributed by atoms with E-state index in [1.165, 1.54) is 5.06 Å². The summed E-state index contributed by atoms with van der Waals surface area (Å²) in [6.45, 7) is 2.13. The summed E-state index contributed by atoms with van der Waals surface area (Å²) in [6, 6.07) is -0.127. The molecule has 5 heteroatoms. The number of rotatable bonds is 2. The average Bonchev–Trinajstić information content (AvgIpc) is 2.88. The lowest BCUT2D eigenvalue weighted by Crippen LogP contribution is -2.41. The fourth-order valence-corrected chi connectivity index (χ4v) is 1.87. The molecular formula is C9H16N2O3. The molecule has 80 valence electrons. The van der Waals surface area contributed by atoms with Crippen LogP contribution < -0.4 is 5.32 Å². The molecule has 5 nitrogen and oxygen atoms in total. The van der Waals surface area contributed by atoms with Gasteiger partial charge in [-0.2, -0.15) is 0 Å². The normalized spacial score (nSPS) is 32.5. The van der Waals surface area contributed by atoms with Gasteiger partial charge in [0.2, 0.25) is 0 Å². The lowest BCUT2D eigenvalue weighted by atomic mass is 10.2. The SMILES string of the molecule is COC1CNC(C(=O)N2CCCO2)C1. The van der Waals surface area contributed by atoms with Gasteiger partial charge in [-0.3, -0.25) is 9.63 Å². The van der Waals surface area contributed by atoms with E-state index in [0.29, 0.717) is 13.2 Å². The molecule has 1 N–H and O–H groups in total. The van der Waals surface area contributed by atoms with E-state index in [1.54, 1.807) is 7.11 Å². The van der Waals surface area contributed by atoms with Crippen molar-refractivity contribution < 1.29 is 14.4 Å². The van der Waals surface area contributed by atoms with Crippen molar-refractivity contribution in [1.82, 2.24) is 10.4 Å². The molecule has 1 amide bonds. The van der Waals surface area contributed by atoms with Crippen molar-refractivity contribution in [2.75, 3.05) is 26.8 Å². The van der Waals surface area contributed by atoms with E-state index in [9.17, 15) is 4.79 Å². The fourth-order valence-electron chi connectivity index (χ4n) is 1.87. The number of nitrogens with one attached hydrogen (secondary N) is 1. The molecule has 2 saturated heterocycles. The van der Waals surface area contributed by atoms with E-state index in [1.807, 2.05) is 0 Å². The van der Waals surface area contributed by atoms with E-state index < -0.39 is 0 Å². The standard InChI is InChI=1S/C9H16N2O3/c1-13-7-5-8(10-6-7)9(12)11-3-2-4-14-11/h7-8,10H,2-6H2,1H3. The van der Waals surface area contributed by atoms with Crippen molar-refractivity contribution in [2.45, 2.75) is 25.0 Å². The van der Waals surface area contributed by atoms with Crippen LogP contribution in [-0.2, 0) is 14.4 Å². The van der Waals surface area contributed by atoms with Crippen LogP contribution in [0.15, 0.2) is 0 Å². The number of hydroxylamine groups is 2. The molecule has 2 atom stereocenters. The zero-order valence-electron chi connectivity index (χ0n) is 8.36. The van der Waals surface area contributed by atoms with Gasteiger partial charge in [0.1, 0.15) is 0 Å². The molecule has 0 spiro atoms. The minimum absolute atomic E-state index is 0.0436. The number of carbonyl (C=O) groups excluding carboxylic acids is 1. The molecule has 2 unspecified atom stereocenters. The number of carbonyl (C=O) groups is 1. The summed E-state index contributed by atoms with van der Waals surface area (Å²) in [4.78, 5) is 17.0. The zero-order valence-corrected chi connectivity index (χ0v) is 8.36. The van der Waals surface area contributed by atoms with Gasteiger partial charge in [-0.05, 0) is 12.8 Å². The van der Waals surface area contributed by atoms with Crippen LogP contribution in [0.2, 0.25) is 0 Å². The maximum absolute atomic E-state index is 11.8. The van der Waals surface area contributed by atoms with Crippen molar-refractivity contribution in [3.63, 3.8) is 0 Å². The summed E-state index contributed by atoms with van der Waals surface area (Å²) in [5.74, 6) is 0.0436. The molecular weight excluding hydrogens is 184 g/mol. The van der Waals surface area contributed by atoms with Gasteiger partial charge in [-0.15, -0.1) is 0 Å². The van der Waals surface area contributed by atoms with E-state index in [4.69, 9.17) is 9.57 Å². The van der Waals surface area contributed by atoms with Gasteiger partial charge >= 0.3 is 0 Å². The maximum Gasteiger partial charge on any atom is 0.263 e. The number of hydrogen-bond acceptors (Lipinski definition) is 4. The Bertz CT molecular complexity index is 216. The van der Waals surface area contributed by atoms with Crippen LogP contribution >= 0.6 is 0 Å². The number of hydrogen-bond donors (Lipinski definition) is 1. The zero-order chi connectivity index (χ0) is 9.97. The predicted octanol–water partition coefficient (Wildman–Crippen LogP) is -0.473. The first-order valence-corrected chi connectivity index (χ1v) is 5.01. The largest absolute Gasteiger partial charge is 0.380 e. The Labute approximate surface area is 83.3 Å². The van der Waals surface area contributed by atoms with Gasteiger partial charge in [0.25, 0.3) is 5.91 Å².